The van der Waals surface area contributed by atoms with Gasteiger partial charge in [-0.15, -0.1) is 11.3 Å². The van der Waals surface area contributed by atoms with Crippen LogP contribution in [0, 0.1) is 18.8 Å². The van der Waals surface area contributed by atoms with Gasteiger partial charge in [-0.1, -0.05) is 0 Å². The van der Waals surface area contributed by atoms with E-state index in [0.717, 1.165) is 61.6 Å². The third-order valence-electron chi connectivity index (χ3n) is 6.79. The van der Waals surface area contributed by atoms with Gasteiger partial charge in [-0.05, 0) is 38.5 Å². The molecule has 4 heterocycles. The molecule has 2 aromatic heterocycles. The van der Waals surface area contributed by atoms with E-state index in [-0.39, 0.29) is 18.9 Å². The van der Waals surface area contributed by atoms with E-state index in [1.807, 2.05) is 18.4 Å². The van der Waals surface area contributed by atoms with E-state index in [0.29, 0.717) is 30.4 Å². The summed E-state index contributed by atoms with van der Waals surface area (Å²) in [4.78, 5) is 16.4. The molecule has 0 amide bonds. The minimum absolute atomic E-state index is 0.0117. The van der Waals surface area contributed by atoms with Crippen LogP contribution >= 0.6 is 11.3 Å². The van der Waals surface area contributed by atoms with Gasteiger partial charge in [-0.2, -0.15) is 0 Å². The Morgan fingerprint density at radius 1 is 1.06 bits per heavy atom. The molecule has 0 aromatic carbocycles. The number of piperidine rings is 1. The molecule has 3 aliphatic rings. The van der Waals surface area contributed by atoms with E-state index < -0.39 is 5.92 Å². The molecule has 0 bridgehead atoms. The quantitative estimate of drug-likeness (QED) is 0.710. The molecule has 0 spiro atoms. The first kappa shape index (κ1) is 21.0. The van der Waals surface area contributed by atoms with Gasteiger partial charge in [0.2, 0.25) is 5.92 Å². The van der Waals surface area contributed by atoms with Crippen LogP contribution in [0.2, 0.25) is 0 Å². The highest BCUT2D eigenvalue weighted by Crippen LogP contribution is 2.36. The van der Waals surface area contributed by atoms with Crippen LogP contribution in [0.5, 0.6) is 0 Å². The Bertz CT molecular complexity index is 901. The van der Waals surface area contributed by atoms with Crippen molar-refractivity contribution >= 4 is 23.0 Å². The first-order valence-corrected chi connectivity index (χ1v) is 12.1. The van der Waals surface area contributed by atoms with Gasteiger partial charge in [-0.25, -0.2) is 23.7 Å². The number of aryl methyl sites for hydroxylation is 1. The molecule has 2 aromatic rings. The Morgan fingerprint density at radius 2 is 1.81 bits per heavy atom. The number of anilines is 2. The van der Waals surface area contributed by atoms with E-state index in [9.17, 15) is 8.78 Å². The average Bonchev–Trinajstić information content (AvgIpc) is 3.15. The van der Waals surface area contributed by atoms with Crippen LogP contribution in [-0.2, 0) is 4.74 Å². The fraction of sp³-hybridized carbons (Fsp3) is 0.682. The van der Waals surface area contributed by atoms with Gasteiger partial charge in [0.1, 0.15) is 11.6 Å². The molecule has 1 N–H and O–H groups in total. The lowest BCUT2D eigenvalue weighted by molar-refractivity contribution is -0.0650. The monoisotopic (exact) mass is 449 g/mol. The summed E-state index contributed by atoms with van der Waals surface area (Å²) in [5.41, 5.74) is 0.946. The topological polar surface area (TPSA) is 63.2 Å². The van der Waals surface area contributed by atoms with Gasteiger partial charge >= 0.3 is 0 Å². The number of rotatable bonds is 5. The maximum atomic E-state index is 13.6. The van der Waals surface area contributed by atoms with Crippen molar-refractivity contribution in [2.45, 2.75) is 57.4 Å². The van der Waals surface area contributed by atoms with Crippen molar-refractivity contribution in [1.29, 1.82) is 0 Å². The number of aromatic nitrogens is 3. The predicted octanol–water partition coefficient (Wildman–Crippen LogP) is 4.76. The van der Waals surface area contributed by atoms with Crippen molar-refractivity contribution in [2.75, 3.05) is 36.5 Å². The first-order chi connectivity index (χ1) is 14.9. The second-order valence-corrected chi connectivity index (χ2v) is 9.98. The molecule has 5 rings (SSSR count). The largest absolute Gasteiger partial charge is 0.381 e. The summed E-state index contributed by atoms with van der Waals surface area (Å²) in [5, 5.41) is 6.19. The highest BCUT2D eigenvalue weighted by Gasteiger charge is 2.35. The summed E-state index contributed by atoms with van der Waals surface area (Å²) in [6.45, 7) is 5.69. The third-order valence-corrected chi connectivity index (χ3v) is 7.74. The van der Waals surface area contributed by atoms with E-state index >= 15 is 0 Å². The fourth-order valence-electron chi connectivity index (χ4n) is 4.74. The van der Waals surface area contributed by atoms with Crippen LogP contribution in [0.1, 0.15) is 44.2 Å². The highest BCUT2D eigenvalue weighted by atomic mass is 32.1. The molecule has 0 radical (unpaired) electrons. The molecule has 1 aliphatic carbocycles. The standard InChI is InChI=1S/C22H29F2N5OS/c1-14-13-31-21(25-14)20-27-18(26-17-2-6-22(23,24)7-3-17)10-19(28-20)29-8-4-15(5-9-29)16-11-30-12-16/h10,13,15-17H,2-9,11-12H2,1H3,(H,26,27,28). The second kappa shape index (κ2) is 8.58. The molecule has 0 unspecified atom stereocenters. The molecule has 2 saturated heterocycles. The number of ether oxygens (including phenoxy) is 1. The number of hydrogen-bond acceptors (Lipinski definition) is 7. The third kappa shape index (κ3) is 4.82. The maximum absolute atomic E-state index is 13.6. The predicted molar refractivity (Wildman–Crippen MR) is 118 cm³/mol. The number of nitrogens with one attached hydrogen (secondary N) is 1. The minimum Gasteiger partial charge on any atom is -0.381 e. The zero-order valence-corrected chi connectivity index (χ0v) is 18.6. The Morgan fingerprint density at radius 3 is 2.42 bits per heavy atom. The highest BCUT2D eigenvalue weighted by molar-refractivity contribution is 7.13. The molecular weight excluding hydrogens is 420 g/mol. The Labute approximate surface area is 185 Å². The number of halogens is 2. The lowest BCUT2D eigenvalue weighted by Gasteiger charge is -2.40. The summed E-state index contributed by atoms with van der Waals surface area (Å²) in [6, 6.07) is 1.99. The van der Waals surface area contributed by atoms with Crippen molar-refractivity contribution < 1.29 is 13.5 Å². The Balaban J connectivity index is 1.35. The lowest BCUT2D eigenvalue weighted by Crippen LogP contribution is -2.42. The van der Waals surface area contributed by atoms with Gasteiger partial charge in [-0.3, -0.25) is 0 Å². The fourth-order valence-corrected chi connectivity index (χ4v) is 5.47. The molecule has 3 fully saturated rings. The van der Waals surface area contributed by atoms with Crippen LogP contribution in [0.4, 0.5) is 20.4 Å². The SMILES string of the molecule is Cc1csc(-c2nc(NC3CCC(F)(F)CC3)cc(N3CCC(C4COC4)CC3)n2)n1. The summed E-state index contributed by atoms with van der Waals surface area (Å²) >= 11 is 1.53. The Hall–Kier alpha value is -1.87. The van der Waals surface area contributed by atoms with Crippen LogP contribution < -0.4 is 10.2 Å². The molecule has 9 heteroatoms. The van der Waals surface area contributed by atoms with E-state index in [1.54, 1.807) is 0 Å². The molecule has 2 aliphatic heterocycles. The molecule has 168 valence electrons. The zero-order valence-electron chi connectivity index (χ0n) is 17.8. The van der Waals surface area contributed by atoms with Crippen molar-refractivity contribution in [3.05, 3.63) is 17.1 Å². The van der Waals surface area contributed by atoms with Gasteiger partial charge in [0.25, 0.3) is 0 Å². The van der Waals surface area contributed by atoms with Crippen molar-refractivity contribution in [2.24, 2.45) is 11.8 Å². The van der Waals surface area contributed by atoms with Gasteiger partial charge in [0.05, 0.1) is 13.2 Å². The van der Waals surface area contributed by atoms with Crippen molar-refractivity contribution in [3.63, 3.8) is 0 Å². The molecule has 31 heavy (non-hydrogen) atoms. The average molecular weight is 450 g/mol. The van der Waals surface area contributed by atoms with Gasteiger partial charge < -0.3 is 15.0 Å². The second-order valence-electron chi connectivity index (χ2n) is 9.13. The van der Waals surface area contributed by atoms with E-state index in [1.165, 1.54) is 11.3 Å². The molecule has 1 saturated carbocycles. The molecule has 6 nitrogen and oxygen atoms in total. The zero-order chi connectivity index (χ0) is 21.4. The number of thiazole rings is 1. The minimum atomic E-state index is -2.53. The number of hydrogen-bond donors (Lipinski definition) is 1. The van der Waals surface area contributed by atoms with Crippen LogP contribution in [0.25, 0.3) is 10.8 Å². The number of nitrogens with zero attached hydrogens (tertiary/aromatic N) is 4. The molecular formula is C22H29F2N5OS. The molecule has 0 atom stereocenters. The maximum Gasteiger partial charge on any atom is 0.248 e. The summed E-state index contributed by atoms with van der Waals surface area (Å²) in [7, 11) is 0. The smallest absolute Gasteiger partial charge is 0.248 e. The van der Waals surface area contributed by atoms with Gasteiger partial charge in [0, 0.05) is 55.0 Å². The normalized spacial score (nSPS) is 23.0. The van der Waals surface area contributed by atoms with Crippen LogP contribution in [0.3, 0.4) is 0 Å². The first-order valence-electron chi connectivity index (χ1n) is 11.2. The summed E-state index contributed by atoms with van der Waals surface area (Å²) < 4.78 is 32.5. The van der Waals surface area contributed by atoms with Gasteiger partial charge in [0.15, 0.2) is 10.8 Å². The van der Waals surface area contributed by atoms with Crippen LogP contribution in [-0.4, -0.2) is 53.2 Å². The van der Waals surface area contributed by atoms with E-state index in [4.69, 9.17) is 14.7 Å². The van der Waals surface area contributed by atoms with E-state index in [2.05, 4.69) is 15.2 Å². The number of alkyl halides is 2. The summed E-state index contributed by atoms with van der Waals surface area (Å²) in [6.07, 6.45) is 3.05. The van der Waals surface area contributed by atoms with Crippen molar-refractivity contribution in [1.82, 2.24) is 15.0 Å². The van der Waals surface area contributed by atoms with Crippen LogP contribution in [0.15, 0.2) is 11.4 Å². The van der Waals surface area contributed by atoms with Crippen molar-refractivity contribution in [3.8, 4) is 10.8 Å². The lowest BCUT2D eigenvalue weighted by atomic mass is 9.83. The Kier molecular flexibility index (Phi) is 5.81. The summed E-state index contributed by atoms with van der Waals surface area (Å²) in [5.74, 6) is 1.11.